The highest BCUT2D eigenvalue weighted by Crippen LogP contribution is 2.19. The first-order valence-electron chi connectivity index (χ1n) is 6.34. The molecule has 21 heavy (non-hydrogen) atoms. The van der Waals surface area contributed by atoms with Crippen LogP contribution in [0.25, 0.3) is 0 Å². The zero-order valence-electron chi connectivity index (χ0n) is 11.7. The first-order valence-corrected chi connectivity index (χ1v) is 9.38. The molecule has 0 saturated carbocycles. The van der Waals surface area contributed by atoms with Gasteiger partial charge in [-0.25, -0.2) is 14.3 Å². The Morgan fingerprint density at radius 3 is 2.67 bits per heavy atom. The van der Waals surface area contributed by atoms with Crippen LogP contribution in [0.1, 0.15) is 0 Å². The van der Waals surface area contributed by atoms with Crippen LogP contribution in [-0.2, 0) is 14.6 Å². The molecule has 0 unspecified atom stereocenters. The molecule has 1 aromatic heterocycles. The summed E-state index contributed by atoms with van der Waals surface area (Å²) in [5.74, 6) is 6.59. The van der Waals surface area contributed by atoms with Crippen molar-refractivity contribution in [3.8, 4) is 0 Å². The van der Waals surface area contributed by atoms with Gasteiger partial charge in [-0.1, -0.05) is 11.8 Å². The molecule has 118 valence electrons. The van der Waals surface area contributed by atoms with Crippen molar-refractivity contribution in [2.24, 2.45) is 5.84 Å². The number of nitrogens with one attached hydrogen (secondary N) is 1. The van der Waals surface area contributed by atoms with Crippen LogP contribution in [0.3, 0.4) is 0 Å². The maximum atomic E-state index is 11.1. The van der Waals surface area contributed by atoms with Crippen LogP contribution in [0.5, 0.6) is 0 Å². The predicted octanol–water partition coefficient (Wildman–Crippen LogP) is -0.869. The average Bonchev–Trinajstić information content (AvgIpc) is 2.46. The molecule has 2 rings (SSSR count). The van der Waals surface area contributed by atoms with Crippen LogP contribution in [-0.4, -0.2) is 67.4 Å². The molecular weight excluding hydrogens is 316 g/mol. The number of aromatic nitrogens is 3. The maximum absolute atomic E-state index is 11.1. The number of ether oxygens (including phenoxy) is 1. The van der Waals surface area contributed by atoms with E-state index in [1.165, 1.54) is 18.0 Å². The van der Waals surface area contributed by atoms with Crippen LogP contribution in [0, 0.1) is 0 Å². The second-order valence-corrected chi connectivity index (χ2v) is 7.79. The van der Waals surface area contributed by atoms with Crippen LogP contribution in [0.2, 0.25) is 0 Å². The lowest BCUT2D eigenvalue weighted by molar-refractivity contribution is 0.122. The number of morpholine rings is 1. The summed E-state index contributed by atoms with van der Waals surface area (Å²) in [6, 6.07) is 0. The largest absolute Gasteiger partial charge is 0.378 e. The molecule has 0 radical (unpaired) electrons. The highest BCUT2D eigenvalue weighted by atomic mass is 32.2. The van der Waals surface area contributed by atoms with E-state index in [0.717, 1.165) is 0 Å². The zero-order chi connectivity index (χ0) is 15.3. The van der Waals surface area contributed by atoms with Crippen molar-refractivity contribution in [2.45, 2.75) is 5.16 Å². The fraction of sp³-hybridized carbons (Fsp3) is 0.700. The van der Waals surface area contributed by atoms with Gasteiger partial charge in [-0.3, -0.25) is 5.43 Å². The molecule has 3 N–H and O–H groups in total. The van der Waals surface area contributed by atoms with Gasteiger partial charge in [-0.2, -0.15) is 15.0 Å². The van der Waals surface area contributed by atoms with Crippen LogP contribution in [0.15, 0.2) is 5.16 Å². The Bertz CT molecular complexity index is 576. The Kier molecular flexibility index (Phi) is 5.56. The minimum absolute atomic E-state index is 0.0711. The highest BCUT2D eigenvalue weighted by molar-refractivity contribution is 8.00. The van der Waals surface area contributed by atoms with E-state index in [0.29, 0.717) is 43.2 Å². The van der Waals surface area contributed by atoms with Gasteiger partial charge in [-0.05, 0) is 0 Å². The van der Waals surface area contributed by atoms with E-state index >= 15 is 0 Å². The van der Waals surface area contributed by atoms with E-state index in [9.17, 15) is 8.42 Å². The Balaban J connectivity index is 2.09. The fourth-order valence-corrected chi connectivity index (χ4v) is 3.69. The van der Waals surface area contributed by atoms with E-state index in [2.05, 4.69) is 20.4 Å². The number of nitrogens with zero attached hydrogens (tertiary/aromatic N) is 4. The van der Waals surface area contributed by atoms with E-state index in [4.69, 9.17) is 10.6 Å². The average molecular weight is 334 g/mol. The van der Waals surface area contributed by atoms with Gasteiger partial charge >= 0.3 is 0 Å². The third-order valence-corrected chi connectivity index (χ3v) is 4.76. The van der Waals surface area contributed by atoms with Crippen molar-refractivity contribution < 1.29 is 13.2 Å². The molecule has 0 bridgehead atoms. The molecular formula is C10H18N6O3S2. The van der Waals surface area contributed by atoms with Crippen molar-refractivity contribution in [2.75, 3.05) is 54.4 Å². The molecule has 1 saturated heterocycles. The molecule has 0 aromatic carbocycles. The second kappa shape index (κ2) is 7.20. The van der Waals surface area contributed by atoms with Gasteiger partial charge in [0.15, 0.2) is 5.16 Å². The van der Waals surface area contributed by atoms with E-state index in [-0.39, 0.29) is 11.7 Å². The van der Waals surface area contributed by atoms with Crippen molar-refractivity contribution in [3.63, 3.8) is 0 Å². The molecule has 9 nitrogen and oxygen atoms in total. The van der Waals surface area contributed by atoms with E-state index in [1.54, 1.807) is 0 Å². The van der Waals surface area contributed by atoms with Gasteiger partial charge in [0.05, 0.1) is 19.0 Å². The molecule has 0 spiro atoms. The number of hydrogen-bond acceptors (Lipinski definition) is 10. The zero-order valence-corrected chi connectivity index (χ0v) is 13.3. The molecule has 1 fully saturated rings. The Hall–Kier alpha value is -1.17. The summed E-state index contributed by atoms with van der Waals surface area (Å²) in [6.45, 7) is 2.63. The summed E-state index contributed by atoms with van der Waals surface area (Å²) in [4.78, 5) is 14.7. The number of thioether (sulfide) groups is 1. The SMILES string of the molecule is CS(=O)(=O)CCSc1nc(NN)nc(N2CCOCC2)n1. The standard InChI is InChI=1S/C10H18N6O3S2/c1-21(17,18)7-6-20-10-13-8(15-11)12-9(14-10)16-2-4-19-5-3-16/h2-7,11H2,1H3,(H,12,13,14,15). The van der Waals surface area contributed by atoms with E-state index < -0.39 is 9.84 Å². The minimum atomic E-state index is -3.00. The lowest BCUT2D eigenvalue weighted by atomic mass is 10.4. The Morgan fingerprint density at radius 2 is 2.05 bits per heavy atom. The summed E-state index contributed by atoms with van der Waals surface area (Å²) in [6.07, 6.45) is 1.20. The maximum Gasteiger partial charge on any atom is 0.242 e. The minimum Gasteiger partial charge on any atom is -0.378 e. The second-order valence-electron chi connectivity index (χ2n) is 4.46. The topological polar surface area (TPSA) is 123 Å². The summed E-state index contributed by atoms with van der Waals surface area (Å²) < 4.78 is 27.6. The monoisotopic (exact) mass is 334 g/mol. The number of sulfone groups is 1. The van der Waals surface area contributed by atoms with Crippen molar-refractivity contribution >= 4 is 33.5 Å². The van der Waals surface area contributed by atoms with Gasteiger partial charge in [0, 0.05) is 25.1 Å². The Labute approximate surface area is 127 Å². The number of anilines is 2. The number of hydrazine groups is 1. The molecule has 11 heteroatoms. The van der Waals surface area contributed by atoms with Crippen LogP contribution >= 0.6 is 11.8 Å². The number of hydrogen-bond donors (Lipinski definition) is 2. The van der Waals surface area contributed by atoms with Gasteiger partial charge in [-0.15, -0.1) is 0 Å². The Morgan fingerprint density at radius 1 is 1.33 bits per heavy atom. The highest BCUT2D eigenvalue weighted by Gasteiger charge is 2.16. The molecule has 1 aromatic rings. The molecule has 1 aliphatic rings. The normalized spacial score (nSPS) is 16.0. The summed E-state index contributed by atoms with van der Waals surface area (Å²) in [7, 11) is -3.00. The van der Waals surface area contributed by atoms with Crippen molar-refractivity contribution in [1.82, 2.24) is 15.0 Å². The molecule has 0 amide bonds. The smallest absolute Gasteiger partial charge is 0.242 e. The summed E-state index contributed by atoms with van der Waals surface area (Å²) >= 11 is 1.26. The molecule has 0 aliphatic carbocycles. The van der Waals surface area contributed by atoms with Gasteiger partial charge in [0.25, 0.3) is 0 Å². The number of nitrogens with two attached hydrogens (primary N) is 1. The quantitative estimate of drug-likeness (QED) is 0.385. The van der Waals surface area contributed by atoms with Gasteiger partial charge < -0.3 is 9.64 Å². The van der Waals surface area contributed by atoms with Crippen molar-refractivity contribution in [1.29, 1.82) is 0 Å². The van der Waals surface area contributed by atoms with Crippen LogP contribution in [0.4, 0.5) is 11.9 Å². The summed E-state index contributed by atoms with van der Waals surface area (Å²) in [5.41, 5.74) is 2.40. The molecule has 0 atom stereocenters. The summed E-state index contributed by atoms with van der Waals surface area (Å²) in [5, 5.41) is 0.447. The van der Waals surface area contributed by atoms with Gasteiger partial charge in [0.1, 0.15) is 9.84 Å². The molecule has 1 aliphatic heterocycles. The van der Waals surface area contributed by atoms with Crippen molar-refractivity contribution in [3.05, 3.63) is 0 Å². The lowest BCUT2D eigenvalue weighted by Gasteiger charge is -2.26. The van der Waals surface area contributed by atoms with E-state index in [1.807, 2.05) is 4.90 Å². The number of nitrogen functional groups attached to an aromatic ring is 1. The van der Waals surface area contributed by atoms with Crippen LogP contribution < -0.4 is 16.2 Å². The number of rotatable bonds is 6. The first-order chi connectivity index (χ1) is 9.98. The first kappa shape index (κ1) is 16.2. The van der Waals surface area contributed by atoms with Gasteiger partial charge in [0.2, 0.25) is 11.9 Å². The third-order valence-electron chi connectivity index (χ3n) is 2.71. The molecule has 2 heterocycles. The predicted molar refractivity (Wildman–Crippen MR) is 81.1 cm³/mol. The fourth-order valence-electron chi connectivity index (χ4n) is 1.66. The lowest BCUT2D eigenvalue weighted by Crippen LogP contribution is -2.37. The third kappa shape index (κ3) is 5.26.